The summed E-state index contributed by atoms with van der Waals surface area (Å²) in [5.74, 6) is 1.06. The Balaban J connectivity index is 2.31. The zero-order valence-corrected chi connectivity index (χ0v) is 12.1. The van der Waals surface area contributed by atoms with Crippen molar-refractivity contribution in [3.63, 3.8) is 0 Å². The summed E-state index contributed by atoms with van der Waals surface area (Å²) in [6, 6.07) is 10.9. The lowest BCUT2D eigenvalue weighted by molar-refractivity contribution is -0.119. The second-order valence-electron chi connectivity index (χ2n) is 4.84. The van der Waals surface area contributed by atoms with Crippen LogP contribution in [-0.4, -0.2) is 13.0 Å². The summed E-state index contributed by atoms with van der Waals surface area (Å²) in [5, 5.41) is 11.8. The van der Waals surface area contributed by atoms with E-state index in [-0.39, 0.29) is 17.7 Å². The van der Waals surface area contributed by atoms with Crippen molar-refractivity contribution in [2.75, 3.05) is 12.4 Å². The molecule has 2 aromatic rings. The van der Waals surface area contributed by atoms with Crippen LogP contribution < -0.4 is 10.1 Å². The van der Waals surface area contributed by atoms with Gasteiger partial charge in [0.2, 0.25) is 11.8 Å². The van der Waals surface area contributed by atoms with Gasteiger partial charge in [-0.25, -0.2) is 0 Å². The quantitative estimate of drug-likeness (QED) is 0.933. The summed E-state index contributed by atoms with van der Waals surface area (Å²) in [7, 11) is 1.59. The number of benzene rings is 1. The van der Waals surface area contributed by atoms with Gasteiger partial charge in [0.1, 0.15) is 23.1 Å². The summed E-state index contributed by atoms with van der Waals surface area (Å²) in [5.41, 5.74) is 1.10. The van der Waals surface area contributed by atoms with Crippen LogP contribution in [0.15, 0.2) is 34.7 Å². The summed E-state index contributed by atoms with van der Waals surface area (Å²) in [6.07, 6.45) is 0. The molecule has 1 N–H and O–H groups in total. The van der Waals surface area contributed by atoms with E-state index >= 15 is 0 Å². The number of carbonyl (C=O) groups excluding carboxylic acids is 1. The molecule has 0 aliphatic rings. The maximum Gasteiger partial charge on any atom is 0.229 e. The molecule has 0 spiro atoms. The van der Waals surface area contributed by atoms with Crippen LogP contribution >= 0.6 is 0 Å². The van der Waals surface area contributed by atoms with Gasteiger partial charge in [0.05, 0.1) is 7.11 Å². The van der Waals surface area contributed by atoms with E-state index in [4.69, 9.17) is 14.4 Å². The molecule has 0 unspecified atom stereocenters. The molecule has 0 saturated carbocycles. The fraction of sp³-hybridized carbons (Fsp3) is 0.250. The molecule has 1 amide bonds. The number of rotatable bonds is 4. The minimum Gasteiger partial charge on any atom is -0.497 e. The normalized spacial score (nSPS) is 10.2. The Morgan fingerprint density at radius 1 is 1.33 bits per heavy atom. The third-order valence-corrected chi connectivity index (χ3v) is 2.99. The van der Waals surface area contributed by atoms with Gasteiger partial charge in [-0.05, 0) is 24.3 Å². The van der Waals surface area contributed by atoms with Crippen molar-refractivity contribution in [2.45, 2.75) is 13.8 Å². The topological polar surface area (TPSA) is 75.3 Å². The Hall–Kier alpha value is -2.74. The van der Waals surface area contributed by atoms with Crippen LogP contribution in [0.25, 0.3) is 11.3 Å². The smallest absolute Gasteiger partial charge is 0.229 e. The molecule has 1 heterocycles. The van der Waals surface area contributed by atoms with Crippen LogP contribution in [0.1, 0.15) is 19.4 Å². The molecule has 0 aliphatic carbocycles. The van der Waals surface area contributed by atoms with Gasteiger partial charge in [0, 0.05) is 17.5 Å². The van der Waals surface area contributed by atoms with Gasteiger partial charge in [-0.1, -0.05) is 13.8 Å². The molecule has 0 bridgehead atoms. The van der Waals surface area contributed by atoms with Gasteiger partial charge < -0.3 is 9.15 Å². The van der Waals surface area contributed by atoms with E-state index in [0.29, 0.717) is 11.3 Å². The van der Waals surface area contributed by atoms with E-state index < -0.39 is 0 Å². The number of hydrogen-bond donors (Lipinski definition) is 1. The monoisotopic (exact) mass is 284 g/mol. The number of methoxy groups -OCH3 is 1. The maximum absolute atomic E-state index is 11.7. The zero-order valence-electron chi connectivity index (χ0n) is 12.1. The van der Waals surface area contributed by atoms with Crippen LogP contribution in [0.3, 0.4) is 0 Å². The number of nitrogens with zero attached hydrogens (tertiary/aromatic N) is 1. The highest BCUT2D eigenvalue weighted by molar-refractivity contribution is 5.92. The second-order valence-corrected chi connectivity index (χ2v) is 4.84. The first-order valence-corrected chi connectivity index (χ1v) is 6.54. The molecule has 0 radical (unpaired) electrons. The fourth-order valence-corrected chi connectivity index (χ4v) is 1.72. The summed E-state index contributed by atoms with van der Waals surface area (Å²) in [6.45, 7) is 3.55. The number of nitriles is 1. The third kappa shape index (κ3) is 3.23. The number of ether oxygens (including phenoxy) is 1. The molecule has 0 fully saturated rings. The zero-order chi connectivity index (χ0) is 15.4. The molecule has 0 aliphatic heterocycles. The molecule has 1 aromatic carbocycles. The van der Waals surface area contributed by atoms with Crippen molar-refractivity contribution >= 4 is 11.8 Å². The molecule has 5 heteroatoms. The van der Waals surface area contributed by atoms with E-state index in [1.165, 1.54) is 0 Å². The van der Waals surface area contributed by atoms with Gasteiger partial charge in [0.15, 0.2) is 0 Å². The molecular formula is C16H16N2O3. The lowest BCUT2D eigenvalue weighted by Crippen LogP contribution is -2.17. The number of furan rings is 1. The Morgan fingerprint density at radius 3 is 2.52 bits per heavy atom. The van der Waals surface area contributed by atoms with Gasteiger partial charge in [0.25, 0.3) is 0 Å². The third-order valence-electron chi connectivity index (χ3n) is 2.99. The number of nitrogens with one attached hydrogen (secondary N) is 1. The van der Waals surface area contributed by atoms with Crippen molar-refractivity contribution in [1.82, 2.24) is 0 Å². The Morgan fingerprint density at radius 2 is 2.00 bits per heavy atom. The van der Waals surface area contributed by atoms with E-state index in [2.05, 4.69) is 5.32 Å². The van der Waals surface area contributed by atoms with Crippen LogP contribution in [-0.2, 0) is 4.79 Å². The highest BCUT2D eigenvalue weighted by atomic mass is 16.5. The number of carbonyl (C=O) groups is 1. The molecule has 0 atom stereocenters. The Labute approximate surface area is 123 Å². The van der Waals surface area contributed by atoms with Gasteiger partial charge in [-0.2, -0.15) is 5.26 Å². The van der Waals surface area contributed by atoms with Crippen LogP contribution in [0, 0.1) is 17.2 Å². The molecule has 0 saturated heterocycles. The second kappa shape index (κ2) is 6.14. The average Bonchev–Trinajstić information content (AvgIpc) is 2.90. The van der Waals surface area contributed by atoms with Gasteiger partial charge in [-0.3, -0.25) is 10.1 Å². The van der Waals surface area contributed by atoms with E-state index in [0.717, 1.165) is 11.3 Å². The predicted octanol–water partition coefficient (Wildman–Crippen LogP) is 3.42. The number of amides is 1. The van der Waals surface area contributed by atoms with E-state index in [1.54, 1.807) is 39.2 Å². The van der Waals surface area contributed by atoms with Gasteiger partial charge >= 0.3 is 0 Å². The van der Waals surface area contributed by atoms with E-state index in [9.17, 15) is 4.79 Å². The molecule has 5 nitrogen and oxygen atoms in total. The molecule has 1 aromatic heterocycles. The first-order chi connectivity index (χ1) is 10.0. The fourth-order valence-electron chi connectivity index (χ4n) is 1.72. The van der Waals surface area contributed by atoms with Crippen molar-refractivity contribution in [2.24, 2.45) is 5.92 Å². The van der Waals surface area contributed by atoms with Crippen LogP contribution in [0.2, 0.25) is 0 Å². The lowest BCUT2D eigenvalue weighted by atomic mass is 10.1. The summed E-state index contributed by atoms with van der Waals surface area (Å²) >= 11 is 0. The predicted molar refractivity (Wildman–Crippen MR) is 78.9 cm³/mol. The maximum atomic E-state index is 11.7. The number of anilines is 1. The van der Waals surface area contributed by atoms with E-state index in [1.807, 2.05) is 18.2 Å². The minimum absolute atomic E-state index is 0.182. The summed E-state index contributed by atoms with van der Waals surface area (Å²) in [4.78, 5) is 11.7. The van der Waals surface area contributed by atoms with Crippen molar-refractivity contribution in [3.8, 4) is 23.1 Å². The minimum atomic E-state index is -0.192. The van der Waals surface area contributed by atoms with Crippen molar-refractivity contribution in [3.05, 3.63) is 35.9 Å². The first-order valence-electron chi connectivity index (χ1n) is 6.54. The molecule has 21 heavy (non-hydrogen) atoms. The molecular weight excluding hydrogens is 268 g/mol. The van der Waals surface area contributed by atoms with Crippen molar-refractivity contribution < 1.29 is 13.9 Å². The summed E-state index contributed by atoms with van der Waals surface area (Å²) < 4.78 is 10.7. The lowest BCUT2D eigenvalue weighted by Gasteiger charge is -2.05. The standard InChI is InChI=1S/C16H16N2O3/c1-10(2)15(19)18-16-12(9-17)8-14(21-16)11-4-6-13(20-3)7-5-11/h4-8,10H,1-3H3,(H,18,19). The van der Waals surface area contributed by atoms with Crippen LogP contribution in [0.5, 0.6) is 5.75 Å². The highest BCUT2D eigenvalue weighted by Crippen LogP contribution is 2.30. The Bertz CT molecular complexity index is 679. The SMILES string of the molecule is COc1ccc(-c2cc(C#N)c(NC(=O)C(C)C)o2)cc1. The molecule has 2 rings (SSSR count). The average molecular weight is 284 g/mol. The van der Waals surface area contributed by atoms with Crippen LogP contribution in [0.4, 0.5) is 5.88 Å². The first kappa shape index (κ1) is 14.7. The largest absolute Gasteiger partial charge is 0.497 e. The number of hydrogen-bond acceptors (Lipinski definition) is 4. The molecule has 108 valence electrons. The Kier molecular flexibility index (Phi) is 4.29. The van der Waals surface area contributed by atoms with Crippen molar-refractivity contribution in [1.29, 1.82) is 5.26 Å². The van der Waals surface area contributed by atoms with Gasteiger partial charge in [-0.15, -0.1) is 0 Å². The highest BCUT2D eigenvalue weighted by Gasteiger charge is 2.16.